The fourth-order valence-corrected chi connectivity index (χ4v) is 4.36. The molecular formula is C15H23N3OS2. The van der Waals surface area contributed by atoms with Crippen molar-refractivity contribution in [2.75, 3.05) is 36.0 Å². The van der Waals surface area contributed by atoms with E-state index in [9.17, 15) is 4.79 Å². The fourth-order valence-electron chi connectivity index (χ4n) is 2.21. The van der Waals surface area contributed by atoms with Gasteiger partial charge in [-0.15, -0.1) is 17.9 Å². The van der Waals surface area contributed by atoms with Gasteiger partial charge in [-0.05, 0) is 12.5 Å². The Morgan fingerprint density at radius 1 is 1.57 bits per heavy atom. The molecule has 1 aliphatic rings. The minimum Gasteiger partial charge on any atom is -0.397 e. The molecule has 0 saturated carbocycles. The summed E-state index contributed by atoms with van der Waals surface area (Å²) in [6, 6.07) is 1.93. The number of carbonyl (C=O) groups excluding carboxylic acids is 1. The molecule has 1 fully saturated rings. The summed E-state index contributed by atoms with van der Waals surface area (Å²) in [5.74, 6) is 0.983. The fraction of sp³-hybridized carbons (Fsp3) is 0.533. The van der Waals surface area contributed by atoms with Crippen molar-refractivity contribution in [1.82, 2.24) is 5.32 Å². The van der Waals surface area contributed by atoms with Crippen LogP contribution in [-0.4, -0.2) is 36.0 Å². The van der Waals surface area contributed by atoms with Crippen molar-refractivity contribution in [2.24, 2.45) is 0 Å². The molecule has 1 amide bonds. The standard InChI is InChI=1S/C15H23N3OS2/c1-4-6-17-14(19)13-11(16)10-12(21-13)18-7-5-15(2,3)20-9-8-18/h4,10H,1,5-9,16H2,2-3H3,(H,17,19). The summed E-state index contributed by atoms with van der Waals surface area (Å²) < 4.78 is 0.321. The van der Waals surface area contributed by atoms with Gasteiger partial charge >= 0.3 is 0 Å². The van der Waals surface area contributed by atoms with Gasteiger partial charge in [0.15, 0.2) is 0 Å². The van der Waals surface area contributed by atoms with E-state index in [0.717, 1.165) is 30.3 Å². The summed E-state index contributed by atoms with van der Waals surface area (Å²) in [4.78, 5) is 15.0. The van der Waals surface area contributed by atoms with Gasteiger partial charge in [0, 0.05) is 30.1 Å². The Balaban J connectivity index is 2.11. The smallest absolute Gasteiger partial charge is 0.263 e. The Labute approximate surface area is 134 Å². The van der Waals surface area contributed by atoms with Crippen LogP contribution in [0.3, 0.4) is 0 Å². The number of nitrogens with one attached hydrogen (secondary N) is 1. The van der Waals surface area contributed by atoms with Crippen molar-refractivity contribution in [3.05, 3.63) is 23.6 Å². The van der Waals surface area contributed by atoms with Crippen molar-refractivity contribution in [2.45, 2.75) is 25.0 Å². The van der Waals surface area contributed by atoms with Crippen LogP contribution >= 0.6 is 23.1 Å². The van der Waals surface area contributed by atoms with Gasteiger partial charge in [0.2, 0.25) is 0 Å². The Kier molecular flexibility index (Phi) is 5.22. The van der Waals surface area contributed by atoms with Crippen LogP contribution in [0.25, 0.3) is 0 Å². The van der Waals surface area contributed by atoms with Crippen LogP contribution in [-0.2, 0) is 0 Å². The number of hydrogen-bond acceptors (Lipinski definition) is 5. The lowest BCUT2D eigenvalue weighted by Gasteiger charge is -2.22. The maximum Gasteiger partial charge on any atom is 0.263 e. The third kappa shape index (κ3) is 4.17. The van der Waals surface area contributed by atoms with Crippen molar-refractivity contribution in [1.29, 1.82) is 0 Å². The van der Waals surface area contributed by atoms with Gasteiger partial charge in [-0.25, -0.2) is 0 Å². The summed E-state index contributed by atoms with van der Waals surface area (Å²) in [5, 5.41) is 3.87. The highest BCUT2D eigenvalue weighted by Gasteiger charge is 2.25. The number of thioether (sulfide) groups is 1. The third-order valence-electron chi connectivity index (χ3n) is 3.51. The zero-order chi connectivity index (χ0) is 15.5. The van der Waals surface area contributed by atoms with E-state index in [1.165, 1.54) is 11.3 Å². The lowest BCUT2D eigenvalue weighted by atomic mass is 10.1. The predicted molar refractivity (Wildman–Crippen MR) is 94.6 cm³/mol. The summed E-state index contributed by atoms with van der Waals surface area (Å²) >= 11 is 3.49. The largest absolute Gasteiger partial charge is 0.397 e. The topological polar surface area (TPSA) is 58.4 Å². The van der Waals surface area contributed by atoms with Gasteiger partial charge in [-0.1, -0.05) is 19.9 Å². The second-order valence-electron chi connectivity index (χ2n) is 5.71. The molecule has 4 nitrogen and oxygen atoms in total. The summed E-state index contributed by atoms with van der Waals surface area (Å²) in [6.07, 6.45) is 2.80. The van der Waals surface area contributed by atoms with E-state index in [4.69, 9.17) is 5.73 Å². The molecule has 6 heteroatoms. The van der Waals surface area contributed by atoms with E-state index in [0.29, 0.717) is 21.9 Å². The molecule has 0 aromatic carbocycles. The number of rotatable bonds is 4. The highest BCUT2D eigenvalue weighted by Crippen LogP contribution is 2.36. The number of hydrogen-bond donors (Lipinski definition) is 2. The van der Waals surface area contributed by atoms with Gasteiger partial charge in [0.05, 0.1) is 10.7 Å². The summed E-state index contributed by atoms with van der Waals surface area (Å²) in [6.45, 7) is 10.6. The Bertz CT molecular complexity index is 525. The molecule has 2 rings (SSSR count). The van der Waals surface area contributed by atoms with Gasteiger partial charge in [0.1, 0.15) is 4.88 Å². The Morgan fingerprint density at radius 3 is 3.05 bits per heavy atom. The third-order valence-corrected chi connectivity index (χ3v) is 6.09. The van der Waals surface area contributed by atoms with Crippen LogP contribution in [0, 0.1) is 0 Å². The van der Waals surface area contributed by atoms with Crippen molar-refractivity contribution < 1.29 is 4.79 Å². The second kappa shape index (κ2) is 6.75. The minimum atomic E-state index is -0.117. The molecule has 1 aromatic heterocycles. The molecule has 3 N–H and O–H groups in total. The maximum atomic E-state index is 12.0. The second-order valence-corrected chi connectivity index (χ2v) is 8.55. The van der Waals surface area contributed by atoms with E-state index < -0.39 is 0 Å². The van der Waals surface area contributed by atoms with Gasteiger partial charge in [-0.3, -0.25) is 4.79 Å². The first kappa shape index (κ1) is 16.2. The number of nitrogens with two attached hydrogens (primary N) is 1. The Hall–Kier alpha value is -1.14. The van der Waals surface area contributed by atoms with Crippen LogP contribution in [0.15, 0.2) is 18.7 Å². The first-order valence-corrected chi connectivity index (χ1v) is 8.90. The quantitative estimate of drug-likeness (QED) is 0.836. The van der Waals surface area contributed by atoms with E-state index in [-0.39, 0.29) is 5.91 Å². The molecule has 0 unspecified atom stereocenters. The molecule has 0 aliphatic carbocycles. The van der Waals surface area contributed by atoms with Crippen LogP contribution in [0.5, 0.6) is 0 Å². The normalized spacial score (nSPS) is 18.1. The average Bonchev–Trinajstić information content (AvgIpc) is 2.71. The van der Waals surface area contributed by atoms with Crippen molar-refractivity contribution in [3.63, 3.8) is 0 Å². The monoisotopic (exact) mass is 325 g/mol. The zero-order valence-corrected chi connectivity index (χ0v) is 14.3. The van der Waals surface area contributed by atoms with Crippen molar-refractivity contribution >= 4 is 39.7 Å². The van der Waals surface area contributed by atoms with Crippen LogP contribution < -0.4 is 16.0 Å². The molecule has 0 bridgehead atoms. The first-order valence-electron chi connectivity index (χ1n) is 7.10. The molecule has 21 heavy (non-hydrogen) atoms. The minimum absolute atomic E-state index is 0.117. The number of nitrogens with zero attached hydrogens (tertiary/aromatic N) is 1. The zero-order valence-electron chi connectivity index (χ0n) is 12.6. The van der Waals surface area contributed by atoms with Gasteiger partial charge < -0.3 is 16.0 Å². The Morgan fingerprint density at radius 2 is 2.33 bits per heavy atom. The van der Waals surface area contributed by atoms with Crippen molar-refractivity contribution in [3.8, 4) is 0 Å². The highest BCUT2D eigenvalue weighted by molar-refractivity contribution is 8.00. The lowest BCUT2D eigenvalue weighted by molar-refractivity contribution is 0.0963. The maximum absolute atomic E-state index is 12.0. The van der Waals surface area contributed by atoms with Crippen LogP contribution in [0.2, 0.25) is 0 Å². The highest BCUT2D eigenvalue weighted by atomic mass is 32.2. The van der Waals surface area contributed by atoms with E-state index in [1.54, 1.807) is 6.08 Å². The first-order chi connectivity index (χ1) is 9.93. The average molecular weight is 326 g/mol. The number of amides is 1. The molecule has 0 spiro atoms. The number of anilines is 2. The van der Waals surface area contributed by atoms with E-state index in [1.807, 2.05) is 17.8 Å². The number of carbonyl (C=O) groups is 1. The SMILES string of the molecule is C=CCNC(=O)c1sc(N2CCSC(C)(C)CC2)cc1N. The molecule has 2 heterocycles. The molecule has 0 atom stereocenters. The molecule has 0 radical (unpaired) electrons. The molecule has 116 valence electrons. The molecule has 1 aliphatic heterocycles. The molecule has 1 aromatic rings. The summed E-state index contributed by atoms with van der Waals surface area (Å²) in [5.41, 5.74) is 6.57. The molecular weight excluding hydrogens is 302 g/mol. The van der Waals surface area contributed by atoms with E-state index in [2.05, 4.69) is 30.6 Å². The molecule has 1 saturated heterocycles. The van der Waals surface area contributed by atoms with Gasteiger partial charge in [-0.2, -0.15) is 11.8 Å². The van der Waals surface area contributed by atoms with Crippen LogP contribution in [0.4, 0.5) is 10.7 Å². The summed E-state index contributed by atoms with van der Waals surface area (Å²) in [7, 11) is 0. The predicted octanol–water partition coefficient (Wildman–Crippen LogP) is 2.97. The van der Waals surface area contributed by atoms with Crippen LogP contribution in [0.1, 0.15) is 29.9 Å². The number of thiophene rings is 1. The van der Waals surface area contributed by atoms with Gasteiger partial charge in [0.25, 0.3) is 5.91 Å². The lowest BCUT2D eigenvalue weighted by Crippen LogP contribution is -2.26. The number of nitrogen functional groups attached to an aromatic ring is 1. The van der Waals surface area contributed by atoms with E-state index >= 15 is 0 Å².